The summed E-state index contributed by atoms with van der Waals surface area (Å²) in [5.41, 5.74) is 1.66. The molecule has 0 bridgehead atoms. The number of carbonyl (C=O) groups excluding carboxylic acids is 2. The van der Waals surface area contributed by atoms with Gasteiger partial charge in [0.05, 0.1) is 18.7 Å². The van der Waals surface area contributed by atoms with Crippen LogP contribution >= 0.6 is 11.3 Å². The highest BCUT2D eigenvalue weighted by Gasteiger charge is 2.22. The molecule has 0 aliphatic carbocycles. The number of anilines is 1. The first-order chi connectivity index (χ1) is 12.7. The fraction of sp³-hybridized carbons (Fsp3) is 0.368. The van der Waals surface area contributed by atoms with Crippen molar-refractivity contribution in [3.8, 4) is 0 Å². The van der Waals surface area contributed by atoms with Gasteiger partial charge in [0.1, 0.15) is 5.00 Å². The van der Waals surface area contributed by atoms with Gasteiger partial charge >= 0.3 is 5.97 Å². The molecule has 1 atom stereocenters. The molecule has 2 aromatic rings. The van der Waals surface area contributed by atoms with Crippen molar-refractivity contribution in [3.05, 3.63) is 51.4 Å². The van der Waals surface area contributed by atoms with Crippen molar-refractivity contribution in [2.24, 2.45) is 0 Å². The lowest BCUT2D eigenvalue weighted by Crippen LogP contribution is -2.30. The Kier molecular flexibility index (Phi) is 7.04. The molecule has 0 saturated heterocycles. The molecule has 0 fully saturated rings. The van der Waals surface area contributed by atoms with E-state index in [0.29, 0.717) is 16.1 Å². The van der Waals surface area contributed by atoms with Crippen LogP contribution in [-0.4, -0.2) is 25.0 Å². The van der Waals surface area contributed by atoms with Crippen molar-refractivity contribution in [1.82, 2.24) is 5.32 Å². The van der Waals surface area contributed by atoms with Crippen LogP contribution < -0.4 is 10.6 Å². The Labute approximate surface area is 160 Å². The van der Waals surface area contributed by atoms with Crippen LogP contribution in [0.2, 0.25) is 0 Å². The molecule has 0 saturated carbocycles. The summed E-state index contributed by atoms with van der Waals surface area (Å²) < 4.78 is 31.4. The van der Waals surface area contributed by atoms with E-state index in [-0.39, 0.29) is 25.1 Å². The van der Waals surface area contributed by atoms with Gasteiger partial charge in [-0.25, -0.2) is 13.6 Å². The Bertz CT molecular complexity index is 852. The zero-order chi connectivity index (χ0) is 20.1. The molecule has 0 aliphatic rings. The molecule has 0 aliphatic heterocycles. The second kappa shape index (κ2) is 9.05. The van der Waals surface area contributed by atoms with E-state index in [4.69, 9.17) is 4.74 Å². The highest BCUT2D eigenvalue weighted by molar-refractivity contribution is 7.16. The molecule has 5 nitrogen and oxygen atoms in total. The molecule has 1 aromatic carbocycles. The summed E-state index contributed by atoms with van der Waals surface area (Å²) in [5.74, 6) is -2.68. The molecule has 2 N–H and O–H groups in total. The van der Waals surface area contributed by atoms with Crippen LogP contribution in [0.1, 0.15) is 46.3 Å². The molecular weight excluding hydrogens is 374 g/mol. The van der Waals surface area contributed by atoms with E-state index in [0.717, 1.165) is 22.6 Å². The van der Waals surface area contributed by atoms with Crippen LogP contribution in [-0.2, 0) is 9.53 Å². The third-order valence-corrected chi connectivity index (χ3v) is 5.25. The smallest absolute Gasteiger partial charge is 0.341 e. The van der Waals surface area contributed by atoms with Crippen molar-refractivity contribution in [2.45, 2.75) is 33.7 Å². The van der Waals surface area contributed by atoms with Crippen LogP contribution in [0.25, 0.3) is 0 Å². The molecule has 1 heterocycles. The maximum atomic E-state index is 13.3. The molecule has 2 rings (SSSR count). The van der Waals surface area contributed by atoms with Crippen molar-refractivity contribution < 1.29 is 23.1 Å². The van der Waals surface area contributed by atoms with Crippen LogP contribution in [0.3, 0.4) is 0 Å². The van der Waals surface area contributed by atoms with Gasteiger partial charge in [0.15, 0.2) is 11.6 Å². The maximum Gasteiger partial charge on any atom is 0.341 e. The number of hydrogen-bond acceptors (Lipinski definition) is 5. The summed E-state index contributed by atoms with van der Waals surface area (Å²) in [5, 5.41) is 6.11. The Morgan fingerprint density at radius 2 is 1.93 bits per heavy atom. The van der Waals surface area contributed by atoms with Crippen LogP contribution in [0, 0.1) is 25.5 Å². The predicted octanol–water partition coefficient (Wildman–Crippen LogP) is 4.11. The van der Waals surface area contributed by atoms with Gasteiger partial charge in [-0.1, -0.05) is 6.07 Å². The van der Waals surface area contributed by atoms with E-state index >= 15 is 0 Å². The molecule has 1 aromatic heterocycles. The number of carbonyl (C=O) groups is 2. The minimum Gasteiger partial charge on any atom is -0.462 e. The lowest BCUT2D eigenvalue weighted by atomic mass is 10.1. The number of aryl methyl sites for hydroxylation is 1. The molecular formula is C19H22F2N2O3S. The maximum absolute atomic E-state index is 13.3. The molecule has 1 amide bonds. The molecule has 0 unspecified atom stereocenters. The first-order valence-electron chi connectivity index (χ1n) is 8.49. The Morgan fingerprint density at radius 1 is 1.22 bits per heavy atom. The standard InChI is InChI=1S/C19H22F2N2O3S/c1-5-26-19(25)17-10(2)12(4)27-18(17)23-16(24)9-22-11(3)13-6-7-14(20)15(21)8-13/h6-8,11,22H,5,9H2,1-4H3,(H,23,24)/t11-/m1/s1. The van der Waals surface area contributed by atoms with E-state index < -0.39 is 17.6 Å². The van der Waals surface area contributed by atoms with Crippen molar-refractivity contribution in [1.29, 1.82) is 0 Å². The summed E-state index contributed by atoms with van der Waals surface area (Å²) in [7, 11) is 0. The summed E-state index contributed by atoms with van der Waals surface area (Å²) >= 11 is 1.31. The Morgan fingerprint density at radius 3 is 2.56 bits per heavy atom. The van der Waals surface area contributed by atoms with Gasteiger partial charge < -0.3 is 15.4 Å². The van der Waals surface area contributed by atoms with Gasteiger partial charge in [0.2, 0.25) is 5.91 Å². The van der Waals surface area contributed by atoms with Crippen LogP contribution in [0.15, 0.2) is 18.2 Å². The van der Waals surface area contributed by atoms with E-state index in [2.05, 4.69) is 10.6 Å². The number of benzene rings is 1. The van der Waals surface area contributed by atoms with Crippen molar-refractivity contribution >= 4 is 28.2 Å². The third-order valence-electron chi connectivity index (χ3n) is 4.13. The SMILES string of the molecule is CCOC(=O)c1c(NC(=O)CN[C@H](C)c2ccc(F)c(F)c2)sc(C)c1C. The van der Waals surface area contributed by atoms with Gasteiger partial charge in [-0.2, -0.15) is 0 Å². The van der Waals surface area contributed by atoms with Gasteiger partial charge in [0.25, 0.3) is 0 Å². The van der Waals surface area contributed by atoms with Crippen LogP contribution in [0.4, 0.5) is 13.8 Å². The second-order valence-electron chi connectivity index (χ2n) is 6.03. The monoisotopic (exact) mass is 396 g/mol. The zero-order valence-electron chi connectivity index (χ0n) is 15.6. The van der Waals surface area contributed by atoms with Crippen molar-refractivity contribution in [3.63, 3.8) is 0 Å². The van der Waals surface area contributed by atoms with Gasteiger partial charge in [-0.05, 0) is 51.0 Å². The molecule has 146 valence electrons. The van der Waals surface area contributed by atoms with Gasteiger partial charge in [-0.15, -0.1) is 11.3 Å². The topological polar surface area (TPSA) is 67.4 Å². The zero-order valence-corrected chi connectivity index (χ0v) is 16.4. The fourth-order valence-corrected chi connectivity index (χ4v) is 3.54. The number of halogens is 2. The average Bonchev–Trinajstić information content (AvgIpc) is 2.89. The number of rotatable bonds is 7. The van der Waals surface area contributed by atoms with Crippen molar-refractivity contribution in [2.75, 3.05) is 18.5 Å². The number of esters is 1. The summed E-state index contributed by atoms with van der Waals surface area (Å²) in [6, 6.07) is 3.24. The van der Waals surface area contributed by atoms with E-state index in [9.17, 15) is 18.4 Å². The molecule has 8 heteroatoms. The highest BCUT2D eigenvalue weighted by atomic mass is 32.1. The minimum atomic E-state index is -0.936. The number of amides is 1. The number of ether oxygens (including phenoxy) is 1. The molecule has 0 spiro atoms. The van der Waals surface area contributed by atoms with Gasteiger partial charge in [-0.3, -0.25) is 4.79 Å². The normalized spacial score (nSPS) is 11.9. The first-order valence-corrected chi connectivity index (χ1v) is 9.31. The lowest BCUT2D eigenvalue weighted by Gasteiger charge is -2.14. The molecule has 27 heavy (non-hydrogen) atoms. The largest absolute Gasteiger partial charge is 0.462 e. The second-order valence-corrected chi connectivity index (χ2v) is 7.26. The highest BCUT2D eigenvalue weighted by Crippen LogP contribution is 2.33. The summed E-state index contributed by atoms with van der Waals surface area (Å²) in [6.07, 6.45) is 0. The lowest BCUT2D eigenvalue weighted by molar-refractivity contribution is -0.115. The minimum absolute atomic E-state index is 0.0571. The van der Waals surface area contributed by atoms with E-state index in [1.54, 1.807) is 20.8 Å². The van der Waals surface area contributed by atoms with Crippen LogP contribution in [0.5, 0.6) is 0 Å². The Hall–Kier alpha value is -2.32. The summed E-state index contributed by atoms with van der Waals surface area (Å²) in [6.45, 7) is 7.31. The number of thiophene rings is 1. The quantitative estimate of drug-likeness (QED) is 0.691. The average molecular weight is 396 g/mol. The van der Waals surface area contributed by atoms with E-state index in [1.165, 1.54) is 17.4 Å². The summed E-state index contributed by atoms with van der Waals surface area (Å²) in [4.78, 5) is 25.3. The fourth-order valence-electron chi connectivity index (χ4n) is 2.48. The third kappa shape index (κ3) is 5.11. The van der Waals surface area contributed by atoms with E-state index in [1.807, 2.05) is 6.92 Å². The number of hydrogen-bond donors (Lipinski definition) is 2. The van der Waals surface area contributed by atoms with Gasteiger partial charge in [0, 0.05) is 10.9 Å². The molecule has 0 radical (unpaired) electrons. The first kappa shape index (κ1) is 21.0. The Balaban J connectivity index is 2.02. The predicted molar refractivity (Wildman–Crippen MR) is 101 cm³/mol. The number of nitrogens with one attached hydrogen (secondary N) is 2.